The highest BCUT2D eigenvalue weighted by Crippen LogP contribution is 2.58. The van der Waals surface area contributed by atoms with Crippen LogP contribution in [0.5, 0.6) is 0 Å². The average molecular weight is 331 g/mol. The van der Waals surface area contributed by atoms with Crippen LogP contribution in [-0.2, 0) is 9.53 Å². The van der Waals surface area contributed by atoms with E-state index in [9.17, 15) is 4.79 Å². The number of halogens is 1. The van der Waals surface area contributed by atoms with Gasteiger partial charge in [0.15, 0.2) is 0 Å². The molecule has 3 aliphatic rings. The number of ether oxygens (including phenoxy) is 1. The van der Waals surface area contributed by atoms with E-state index in [0.29, 0.717) is 29.3 Å². The lowest BCUT2D eigenvalue weighted by atomic mass is 9.87. The molecule has 1 saturated carbocycles. The van der Waals surface area contributed by atoms with Gasteiger partial charge in [0.05, 0.1) is 6.10 Å². The van der Waals surface area contributed by atoms with Gasteiger partial charge in [0.25, 0.3) is 0 Å². The van der Waals surface area contributed by atoms with Crippen molar-refractivity contribution in [3.05, 3.63) is 0 Å². The van der Waals surface area contributed by atoms with E-state index in [1.165, 1.54) is 19.3 Å². The summed E-state index contributed by atoms with van der Waals surface area (Å²) in [5.74, 6) is 1.60. The standard InChI is InChI=1S/C17H30N2O2.ClH/c1-12(2)15-13(4-3-9-21-15)11-19-16(20)14-10-17(14)5-7-18-8-6-17;/h12-15,18H,3-11H2,1-2H3,(H,19,20);1H. The molecule has 0 aromatic rings. The third-order valence-electron chi connectivity index (χ3n) is 5.80. The second kappa shape index (κ2) is 7.50. The van der Waals surface area contributed by atoms with Gasteiger partial charge in [-0.15, -0.1) is 12.4 Å². The van der Waals surface area contributed by atoms with Crippen LogP contribution in [0, 0.1) is 23.2 Å². The molecule has 3 fully saturated rings. The maximum Gasteiger partial charge on any atom is 0.223 e. The fourth-order valence-corrected chi connectivity index (χ4v) is 4.37. The van der Waals surface area contributed by atoms with Crippen molar-refractivity contribution in [2.24, 2.45) is 23.2 Å². The highest BCUT2D eigenvalue weighted by Gasteiger charge is 2.57. The first-order valence-electron chi connectivity index (χ1n) is 8.72. The lowest BCUT2D eigenvalue weighted by Crippen LogP contribution is -2.42. The molecule has 2 saturated heterocycles. The van der Waals surface area contributed by atoms with E-state index >= 15 is 0 Å². The van der Waals surface area contributed by atoms with Crippen molar-refractivity contribution in [1.82, 2.24) is 10.6 Å². The fourth-order valence-electron chi connectivity index (χ4n) is 4.37. The number of rotatable bonds is 4. The van der Waals surface area contributed by atoms with E-state index in [-0.39, 0.29) is 18.3 Å². The Labute approximate surface area is 140 Å². The highest BCUT2D eigenvalue weighted by atomic mass is 35.5. The average Bonchev–Trinajstić information content (AvgIpc) is 3.19. The largest absolute Gasteiger partial charge is 0.378 e. The predicted octanol–water partition coefficient (Wildman–Crippen LogP) is 2.37. The third kappa shape index (κ3) is 3.77. The van der Waals surface area contributed by atoms with Crippen molar-refractivity contribution in [3.8, 4) is 0 Å². The van der Waals surface area contributed by atoms with Gasteiger partial charge in [-0.2, -0.15) is 0 Å². The lowest BCUT2D eigenvalue weighted by Gasteiger charge is -2.34. The second-order valence-corrected chi connectivity index (χ2v) is 7.60. The Morgan fingerprint density at radius 1 is 1.36 bits per heavy atom. The van der Waals surface area contributed by atoms with Crippen LogP contribution in [0.3, 0.4) is 0 Å². The summed E-state index contributed by atoms with van der Waals surface area (Å²) in [5.41, 5.74) is 0.343. The second-order valence-electron chi connectivity index (χ2n) is 7.60. The van der Waals surface area contributed by atoms with Crippen LogP contribution in [0.15, 0.2) is 0 Å². The van der Waals surface area contributed by atoms with Crippen LogP contribution in [0.25, 0.3) is 0 Å². The summed E-state index contributed by atoms with van der Waals surface area (Å²) in [6, 6.07) is 0. The van der Waals surface area contributed by atoms with Gasteiger partial charge in [-0.05, 0) is 56.5 Å². The molecular formula is C17H31ClN2O2. The topological polar surface area (TPSA) is 50.4 Å². The molecule has 4 nitrogen and oxygen atoms in total. The van der Waals surface area contributed by atoms with E-state index in [1.807, 2.05) is 0 Å². The molecule has 0 aromatic heterocycles. The summed E-state index contributed by atoms with van der Waals surface area (Å²) in [4.78, 5) is 12.4. The molecule has 0 radical (unpaired) electrons. The van der Waals surface area contributed by atoms with Crippen molar-refractivity contribution in [2.45, 2.75) is 52.1 Å². The maximum absolute atomic E-state index is 12.4. The minimum absolute atomic E-state index is 0. The zero-order valence-corrected chi connectivity index (χ0v) is 14.7. The molecule has 22 heavy (non-hydrogen) atoms. The van der Waals surface area contributed by atoms with Crippen molar-refractivity contribution in [2.75, 3.05) is 26.2 Å². The van der Waals surface area contributed by atoms with Crippen LogP contribution in [-0.4, -0.2) is 38.3 Å². The first-order valence-corrected chi connectivity index (χ1v) is 8.72. The lowest BCUT2D eigenvalue weighted by molar-refractivity contribution is -0.124. The van der Waals surface area contributed by atoms with Gasteiger partial charge in [-0.1, -0.05) is 13.8 Å². The first-order chi connectivity index (χ1) is 10.1. The Morgan fingerprint density at radius 3 is 2.77 bits per heavy atom. The summed E-state index contributed by atoms with van der Waals surface area (Å²) in [6.45, 7) is 8.27. The molecule has 2 aliphatic heterocycles. The van der Waals surface area contributed by atoms with Crippen LogP contribution in [0.1, 0.15) is 46.0 Å². The molecule has 5 heteroatoms. The van der Waals surface area contributed by atoms with Gasteiger partial charge in [0.1, 0.15) is 0 Å². The molecule has 1 amide bonds. The number of piperidine rings is 1. The molecule has 2 N–H and O–H groups in total. The van der Waals surface area contributed by atoms with E-state index in [1.54, 1.807) is 0 Å². The molecule has 3 rings (SSSR count). The van der Waals surface area contributed by atoms with E-state index < -0.39 is 0 Å². The minimum atomic E-state index is 0. The van der Waals surface area contributed by atoms with Crippen molar-refractivity contribution >= 4 is 18.3 Å². The zero-order chi connectivity index (χ0) is 14.9. The molecule has 3 unspecified atom stereocenters. The molecule has 0 bridgehead atoms. The Balaban J connectivity index is 0.00000176. The smallest absolute Gasteiger partial charge is 0.223 e. The van der Waals surface area contributed by atoms with Crippen LogP contribution < -0.4 is 10.6 Å². The summed E-state index contributed by atoms with van der Waals surface area (Å²) >= 11 is 0. The first kappa shape index (κ1) is 18.0. The Hall–Kier alpha value is -0.320. The van der Waals surface area contributed by atoms with Gasteiger partial charge < -0.3 is 15.4 Å². The van der Waals surface area contributed by atoms with Crippen LogP contribution >= 0.6 is 12.4 Å². The SMILES string of the molecule is CC(C)C1OCCCC1CNC(=O)C1CC12CCNCC2.Cl. The number of hydrogen-bond donors (Lipinski definition) is 2. The van der Waals surface area contributed by atoms with Gasteiger partial charge in [0, 0.05) is 25.0 Å². The predicted molar refractivity (Wildman–Crippen MR) is 90.2 cm³/mol. The van der Waals surface area contributed by atoms with Gasteiger partial charge >= 0.3 is 0 Å². The summed E-state index contributed by atoms with van der Waals surface area (Å²) in [5, 5.41) is 6.62. The normalized spacial score (nSPS) is 33.3. The van der Waals surface area contributed by atoms with Crippen molar-refractivity contribution in [1.29, 1.82) is 0 Å². The zero-order valence-electron chi connectivity index (χ0n) is 13.9. The number of hydrogen-bond acceptors (Lipinski definition) is 3. The van der Waals surface area contributed by atoms with Crippen LogP contribution in [0.4, 0.5) is 0 Å². The summed E-state index contributed by atoms with van der Waals surface area (Å²) < 4.78 is 5.91. The molecule has 0 aromatic carbocycles. The van der Waals surface area contributed by atoms with Gasteiger partial charge in [-0.25, -0.2) is 0 Å². The molecule has 128 valence electrons. The number of nitrogens with one attached hydrogen (secondary N) is 2. The van der Waals surface area contributed by atoms with Crippen molar-refractivity contribution < 1.29 is 9.53 Å². The monoisotopic (exact) mass is 330 g/mol. The Bertz CT molecular complexity index is 383. The Kier molecular flexibility index (Phi) is 6.14. The maximum atomic E-state index is 12.4. The summed E-state index contributed by atoms with van der Waals surface area (Å²) in [6.07, 6.45) is 6.07. The van der Waals surface area contributed by atoms with E-state index in [4.69, 9.17) is 4.74 Å². The number of amides is 1. The molecular weight excluding hydrogens is 300 g/mol. The van der Waals surface area contributed by atoms with Gasteiger partial charge in [-0.3, -0.25) is 4.79 Å². The fraction of sp³-hybridized carbons (Fsp3) is 0.941. The van der Waals surface area contributed by atoms with Crippen LogP contribution in [0.2, 0.25) is 0 Å². The molecule has 2 heterocycles. The molecule has 1 aliphatic carbocycles. The van der Waals surface area contributed by atoms with E-state index in [2.05, 4.69) is 24.5 Å². The van der Waals surface area contributed by atoms with E-state index in [0.717, 1.165) is 39.1 Å². The summed E-state index contributed by atoms with van der Waals surface area (Å²) in [7, 11) is 0. The van der Waals surface area contributed by atoms with Crippen molar-refractivity contribution in [3.63, 3.8) is 0 Å². The highest BCUT2D eigenvalue weighted by molar-refractivity contribution is 5.85. The minimum Gasteiger partial charge on any atom is -0.378 e. The third-order valence-corrected chi connectivity index (χ3v) is 5.80. The molecule has 1 spiro atoms. The van der Waals surface area contributed by atoms with Gasteiger partial charge in [0.2, 0.25) is 5.91 Å². The number of carbonyl (C=O) groups is 1. The Morgan fingerprint density at radius 2 is 2.09 bits per heavy atom. The number of carbonyl (C=O) groups excluding carboxylic acids is 1. The molecule has 3 atom stereocenters. The quantitative estimate of drug-likeness (QED) is 0.832.